The van der Waals surface area contributed by atoms with E-state index in [2.05, 4.69) is 10.3 Å². The zero-order valence-electron chi connectivity index (χ0n) is 10.1. The summed E-state index contributed by atoms with van der Waals surface area (Å²) in [6.45, 7) is 2.11. The van der Waals surface area contributed by atoms with Crippen molar-refractivity contribution in [2.45, 2.75) is 19.8 Å². The Morgan fingerprint density at radius 2 is 2.22 bits per heavy atom. The van der Waals surface area contributed by atoms with Crippen LogP contribution >= 0.6 is 0 Å². The molecule has 0 bridgehead atoms. The number of aromatic hydroxyl groups is 1. The number of hydrogen-bond acceptors (Lipinski definition) is 4. The standard InChI is InChI=1S/C12H16N2O4/c1-2-8(6-10(16)17)7-14-12(18)11-9(15)4-3-5-13-11/h3-5,8,15H,2,6-7H2,1H3,(H,14,18)(H,16,17). The lowest BCUT2D eigenvalue weighted by atomic mass is 10.0. The first-order valence-electron chi connectivity index (χ1n) is 5.68. The van der Waals surface area contributed by atoms with Gasteiger partial charge in [-0.3, -0.25) is 9.59 Å². The van der Waals surface area contributed by atoms with Gasteiger partial charge in [-0.15, -0.1) is 0 Å². The van der Waals surface area contributed by atoms with Crippen LogP contribution in [0.25, 0.3) is 0 Å². The van der Waals surface area contributed by atoms with Crippen molar-refractivity contribution in [3.63, 3.8) is 0 Å². The van der Waals surface area contributed by atoms with Gasteiger partial charge in [-0.05, 0) is 18.1 Å². The molecule has 0 aliphatic carbocycles. The zero-order chi connectivity index (χ0) is 13.5. The molecule has 98 valence electrons. The Hall–Kier alpha value is -2.11. The molecule has 1 rings (SSSR count). The third-order valence-electron chi connectivity index (χ3n) is 2.59. The number of aromatic nitrogens is 1. The normalized spacial score (nSPS) is 11.8. The lowest BCUT2D eigenvalue weighted by Crippen LogP contribution is -2.30. The van der Waals surface area contributed by atoms with Crippen molar-refractivity contribution in [3.8, 4) is 5.75 Å². The molecular weight excluding hydrogens is 236 g/mol. The molecule has 3 N–H and O–H groups in total. The van der Waals surface area contributed by atoms with E-state index in [1.807, 2.05) is 6.92 Å². The average Bonchev–Trinajstić information content (AvgIpc) is 2.34. The predicted molar refractivity (Wildman–Crippen MR) is 64.3 cm³/mol. The summed E-state index contributed by atoms with van der Waals surface area (Å²) < 4.78 is 0. The van der Waals surface area contributed by atoms with Gasteiger partial charge in [0.15, 0.2) is 5.69 Å². The van der Waals surface area contributed by atoms with Gasteiger partial charge in [0, 0.05) is 19.2 Å². The fraction of sp³-hybridized carbons (Fsp3) is 0.417. The van der Waals surface area contributed by atoms with Gasteiger partial charge in [-0.1, -0.05) is 13.3 Å². The molecule has 0 aliphatic rings. The van der Waals surface area contributed by atoms with Gasteiger partial charge in [0.25, 0.3) is 5.91 Å². The van der Waals surface area contributed by atoms with E-state index < -0.39 is 11.9 Å². The summed E-state index contributed by atoms with van der Waals surface area (Å²) in [5, 5.41) is 20.7. The number of pyridine rings is 1. The van der Waals surface area contributed by atoms with Crippen LogP contribution in [-0.2, 0) is 4.79 Å². The smallest absolute Gasteiger partial charge is 0.303 e. The number of amides is 1. The van der Waals surface area contributed by atoms with Crippen LogP contribution in [0.2, 0.25) is 0 Å². The van der Waals surface area contributed by atoms with Crippen molar-refractivity contribution >= 4 is 11.9 Å². The van der Waals surface area contributed by atoms with Gasteiger partial charge < -0.3 is 15.5 Å². The third-order valence-corrected chi connectivity index (χ3v) is 2.59. The van der Waals surface area contributed by atoms with Crippen molar-refractivity contribution in [2.24, 2.45) is 5.92 Å². The first-order chi connectivity index (χ1) is 8.54. The van der Waals surface area contributed by atoms with Crippen LogP contribution in [0.15, 0.2) is 18.3 Å². The van der Waals surface area contributed by atoms with Crippen molar-refractivity contribution < 1.29 is 19.8 Å². The highest BCUT2D eigenvalue weighted by Crippen LogP contribution is 2.13. The summed E-state index contributed by atoms with van der Waals surface area (Å²) in [5.41, 5.74) is -0.0531. The second-order valence-corrected chi connectivity index (χ2v) is 3.95. The number of nitrogens with zero attached hydrogens (tertiary/aromatic N) is 1. The summed E-state index contributed by atoms with van der Waals surface area (Å²) in [5.74, 6) is -1.72. The SMILES string of the molecule is CCC(CNC(=O)c1ncccc1O)CC(=O)O. The fourth-order valence-corrected chi connectivity index (χ4v) is 1.50. The lowest BCUT2D eigenvalue weighted by molar-refractivity contribution is -0.138. The highest BCUT2D eigenvalue weighted by molar-refractivity contribution is 5.94. The molecule has 1 amide bonds. The summed E-state index contributed by atoms with van der Waals surface area (Å²) in [6.07, 6.45) is 2.06. The summed E-state index contributed by atoms with van der Waals surface area (Å²) in [4.78, 5) is 26.0. The third kappa shape index (κ3) is 4.04. The number of carboxylic acids is 1. The number of rotatable bonds is 6. The number of hydrogen-bond donors (Lipinski definition) is 3. The largest absolute Gasteiger partial charge is 0.505 e. The maximum Gasteiger partial charge on any atom is 0.303 e. The topological polar surface area (TPSA) is 99.5 Å². The van der Waals surface area contributed by atoms with E-state index >= 15 is 0 Å². The Morgan fingerprint density at radius 1 is 1.50 bits per heavy atom. The minimum Gasteiger partial charge on any atom is -0.505 e. The van der Waals surface area contributed by atoms with Crippen molar-refractivity contribution in [3.05, 3.63) is 24.0 Å². The number of nitrogens with one attached hydrogen (secondary N) is 1. The average molecular weight is 252 g/mol. The Labute approximate surface area is 105 Å². The van der Waals surface area contributed by atoms with Crippen LogP contribution in [-0.4, -0.2) is 33.6 Å². The molecule has 1 aromatic heterocycles. The Morgan fingerprint density at radius 3 is 2.78 bits per heavy atom. The van der Waals surface area contributed by atoms with E-state index in [1.54, 1.807) is 0 Å². The first kappa shape index (κ1) is 14.0. The zero-order valence-corrected chi connectivity index (χ0v) is 10.1. The van der Waals surface area contributed by atoms with Crippen molar-refractivity contribution in [1.82, 2.24) is 10.3 Å². The lowest BCUT2D eigenvalue weighted by Gasteiger charge is -2.13. The Balaban J connectivity index is 2.55. The molecule has 0 saturated heterocycles. The van der Waals surface area contributed by atoms with Crippen molar-refractivity contribution in [2.75, 3.05) is 6.54 Å². The van der Waals surface area contributed by atoms with Gasteiger partial charge in [0.1, 0.15) is 5.75 Å². The Bertz CT molecular complexity index is 434. The second-order valence-electron chi connectivity index (χ2n) is 3.95. The molecule has 1 atom stereocenters. The molecule has 6 nitrogen and oxygen atoms in total. The number of carbonyl (C=O) groups is 2. The fourth-order valence-electron chi connectivity index (χ4n) is 1.50. The number of aliphatic carboxylic acids is 1. The van der Waals surface area contributed by atoms with Crippen LogP contribution in [0.3, 0.4) is 0 Å². The van der Waals surface area contributed by atoms with E-state index in [-0.39, 0.29) is 30.3 Å². The number of carboxylic acid groups (broad SMARTS) is 1. The van der Waals surface area contributed by atoms with Gasteiger partial charge >= 0.3 is 5.97 Å². The molecule has 1 aromatic rings. The molecule has 0 aliphatic heterocycles. The predicted octanol–water partition coefficient (Wildman–Crippen LogP) is 1.02. The van der Waals surface area contributed by atoms with Gasteiger partial charge in [0.05, 0.1) is 0 Å². The van der Waals surface area contributed by atoms with Crippen LogP contribution < -0.4 is 5.32 Å². The van der Waals surface area contributed by atoms with Gasteiger partial charge in [-0.2, -0.15) is 0 Å². The summed E-state index contributed by atoms with van der Waals surface area (Å²) in [6, 6.07) is 2.89. The van der Waals surface area contributed by atoms with Crippen molar-refractivity contribution in [1.29, 1.82) is 0 Å². The van der Waals surface area contributed by atoms with E-state index in [0.29, 0.717) is 6.42 Å². The van der Waals surface area contributed by atoms with E-state index in [9.17, 15) is 14.7 Å². The van der Waals surface area contributed by atoms with Crippen LogP contribution in [0, 0.1) is 5.92 Å². The molecule has 6 heteroatoms. The first-order valence-corrected chi connectivity index (χ1v) is 5.68. The van der Waals surface area contributed by atoms with Gasteiger partial charge in [0.2, 0.25) is 0 Å². The van der Waals surface area contributed by atoms with Crippen LogP contribution in [0.4, 0.5) is 0 Å². The summed E-state index contributed by atoms with van der Waals surface area (Å²) in [7, 11) is 0. The highest BCUT2D eigenvalue weighted by Gasteiger charge is 2.15. The molecule has 18 heavy (non-hydrogen) atoms. The van der Waals surface area contributed by atoms with E-state index in [0.717, 1.165) is 0 Å². The number of carbonyl (C=O) groups excluding carboxylic acids is 1. The summed E-state index contributed by atoms with van der Waals surface area (Å²) >= 11 is 0. The second kappa shape index (κ2) is 6.58. The molecule has 0 radical (unpaired) electrons. The van der Waals surface area contributed by atoms with Crippen LogP contribution in [0.1, 0.15) is 30.3 Å². The van der Waals surface area contributed by atoms with E-state index in [4.69, 9.17) is 5.11 Å². The van der Waals surface area contributed by atoms with Crippen LogP contribution in [0.5, 0.6) is 5.75 Å². The minimum atomic E-state index is -0.892. The maximum atomic E-state index is 11.7. The molecule has 0 fully saturated rings. The highest BCUT2D eigenvalue weighted by atomic mass is 16.4. The minimum absolute atomic E-state index is 0.00494. The molecule has 1 heterocycles. The van der Waals surface area contributed by atoms with E-state index in [1.165, 1.54) is 18.3 Å². The van der Waals surface area contributed by atoms with Gasteiger partial charge in [-0.25, -0.2) is 4.98 Å². The molecular formula is C12H16N2O4. The Kier molecular flexibility index (Phi) is 5.10. The molecule has 0 aromatic carbocycles. The molecule has 0 spiro atoms. The quantitative estimate of drug-likeness (QED) is 0.701. The molecule has 1 unspecified atom stereocenters. The monoisotopic (exact) mass is 252 g/mol. The molecule has 0 saturated carbocycles. The maximum absolute atomic E-state index is 11.7.